The summed E-state index contributed by atoms with van der Waals surface area (Å²) in [5, 5.41) is 1.53. The summed E-state index contributed by atoms with van der Waals surface area (Å²) in [5.74, 6) is 0. The van der Waals surface area contributed by atoms with Crippen molar-refractivity contribution in [3.05, 3.63) is 60.4 Å². The molecule has 0 saturated heterocycles. The van der Waals surface area contributed by atoms with Crippen molar-refractivity contribution in [3.63, 3.8) is 0 Å². The second kappa shape index (κ2) is 7.14. The number of rotatable bonds is 2. The van der Waals surface area contributed by atoms with Crippen molar-refractivity contribution in [1.82, 2.24) is 0 Å². The Labute approximate surface area is 163 Å². The second-order valence-electron chi connectivity index (χ2n) is 7.35. The van der Waals surface area contributed by atoms with Crippen molar-refractivity contribution >= 4 is 61.0 Å². The van der Waals surface area contributed by atoms with E-state index < -0.39 is 17.4 Å². The molecule has 1 atom stereocenters. The molecule has 0 spiro atoms. The topological polar surface area (TPSA) is 0 Å². The molecule has 2 aliphatic carbocycles. The molecule has 6 heteroatoms. The third-order valence-electron chi connectivity index (χ3n) is 5.02. The molecule has 0 fully saturated rings. The molecular formula is C17H22Cl4SiZr. The summed E-state index contributed by atoms with van der Waals surface area (Å²) < 4.78 is 7.31. The molecule has 0 saturated carbocycles. The van der Waals surface area contributed by atoms with Crippen molar-refractivity contribution in [2.75, 3.05) is 0 Å². The van der Waals surface area contributed by atoms with Crippen molar-refractivity contribution in [2.24, 2.45) is 0 Å². The minimum atomic E-state index is -3.07. The average Bonchev–Trinajstić information content (AvgIpc) is 2.95. The van der Waals surface area contributed by atoms with Gasteiger partial charge in [0, 0.05) is 0 Å². The Kier molecular flexibility index (Phi) is 6.75. The molecule has 0 aromatic heterocycles. The summed E-state index contributed by atoms with van der Waals surface area (Å²) in [7, 11) is 0. The number of hydrogen-bond acceptors (Lipinski definition) is 0. The molecule has 1 unspecified atom stereocenters. The Morgan fingerprint density at radius 1 is 1.17 bits per heavy atom. The minimum absolute atomic E-state index is 0. The van der Waals surface area contributed by atoms with Crippen LogP contribution in [0.5, 0.6) is 0 Å². The standard InChI is InChI=1S/C10H7Cl2.C5H5.2CH3.2ClH.H2Si.Zr/c1-6-2-7-4-8(11)5-10(12)9(7)3-6;1-2-4-5-3-1;;;;;;/h2-5H,1H3;1-3H,4H2;2*1H3;2*1H;1H2;. The number of fused-ring (bicyclic) bond motifs is 1. The maximum atomic E-state index is 6.43. The first kappa shape index (κ1) is 21.7. The fourth-order valence-electron chi connectivity index (χ4n) is 4.02. The maximum Gasteiger partial charge on any atom is -0.147 e. The van der Waals surface area contributed by atoms with Crippen LogP contribution in [0.3, 0.4) is 0 Å². The molecule has 0 N–H and O–H groups in total. The molecule has 0 radical (unpaired) electrons. The predicted molar refractivity (Wildman–Crippen MR) is 109 cm³/mol. The van der Waals surface area contributed by atoms with E-state index in [1.807, 2.05) is 6.07 Å². The van der Waals surface area contributed by atoms with Gasteiger partial charge in [0.25, 0.3) is 0 Å². The molecule has 23 heavy (non-hydrogen) atoms. The van der Waals surface area contributed by atoms with Gasteiger partial charge in [-0.05, 0) is 0 Å². The average molecular weight is 487 g/mol. The fourth-order valence-corrected chi connectivity index (χ4v) is 20.6. The van der Waals surface area contributed by atoms with Crippen LogP contribution in [0.15, 0.2) is 39.2 Å². The molecule has 1 aromatic carbocycles. The van der Waals surface area contributed by atoms with E-state index in [1.54, 1.807) is 3.28 Å². The molecule has 0 aliphatic heterocycles. The van der Waals surface area contributed by atoms with Gasteiger partial charge in [-0.2, -0.15) is 0 Å². The Morgan fingerprint density at radius 3 is 2.39 bits per heavy atom. The quantitative estimate of drug-likeness (QED) is 0.420. The van der Waals surface area contributed by atoms with Crippen LogP contribution in [0.2, 0.25) is 19.3 Å². The van der Waals surface area contributed by atoms with E-state index in [0.717, 1.165) is 16.5 Å². The first-order valence-electron chi connectivity index (χ1n) is 7.30. The third kappa shape index (κ3) is 3.64. The predicted octanol–water partition coefficient (Wildman–Crippen LogP) is 6.47. The largest absolute Gasteiger partial charge is 0.147 e. The van der Waals surface area contributed by atoms with Crippen LogP contribution in [0.4, 0.5) is 0 Å². The van der Waals surface area contributed by atoms with E-state index in [0.29, 0.717) is 3.63 Å². The van der Waals surface area contributed by atoms with Crippen molar-refractivity contribution < 1.29 is 17.4 Å². The first-order chi connectivity index (χ1) is 9.69. The number of hydrogen-bond donors (Lipinski definition) is 0. The summed E-state index contributed by atoms with van der Waals surface area (Å²) >= 11 is 9.65. The smallest absolute Gasteiger partial charge is 0.147 e. The van der Waals surface area contributed by atoms with E-state index in [-0.39, 0.29) is 24.8 Å². The van der Waals surface area contributed by atoms with Crippen molar-refractivity contribution in [2.45, 2.75) is 26.2 Å². The van der Waals surface area contributed by atoms with Crippen LogP contribution in [0, 0.1) is 0 Å². The van der Waals surface area contributed by atoms with Crippen LogP contribution in [-0.4, -0.2) is 6.88 Å². The monoisotopic (exact) mass is 484 g/mol. The molecule has 2 aliphatic rings. The minimum Gasteiger partial charge on any atom is -0.147 e. The Balaban J connectivity index is 0.00000132. The maximum absolute atomic E-state index is 6.43. The van der Waals surface area contributed by atoms with Gasteiger partial charge in [-0.25, -0.2) is 0 Å². The zero-order valence-electron chi connectivity index (χ0n) is 13.5. The van der Waals surface area contributed by atoms with Crippen molar-refractivity contribution in [1.29, 1.82) is 0 Å². The number of allylic oxidation sites excluding steroid dienone is 5. The van der Waals surface area contributed by atoms with Gasteiger partial charge in [0.15, 0.2) is 0 Å². The molecule has 0 bridgehead atoms. The summed E-state index contributed by atoms with van der Waals surface area (Å²) in [6.45, 7) is 4.55. The van der Waals surface area contributed by atoms with Crippen LogP contribution < -0.4 is 0 Å². The first-order valence-corrected chi connectivity index (χ1v) is 21.5. The Morgan fingerprint density at radius 2 is 1.83 bits per heavy atom. The Bertz CT molecular complexity index is 799. The van der Waals surface area contributed by atoms with Gasteiger partial charge < -0.3 is 0 Å². The van der Waals surface area contributed by atoms with Crippen molar-refractivity contribution in [3.8, 4) is 0 Å². The molecule has 1 aromatic rings. The molecule has 126 valence electrons. The molecule has 0 amide bonds. The molecule has 0 heterocycles. The second-order valence-corrected chi connectivity index (χ2v) is 37.9. The summed E-state index contributed by atoms with van der Waals surface area (Å²) in [6.07, 6.45) is 10.2. The van der Waals surface area contributed by atoms with E-state index in [1.165, 1.54) is 16.7 Å². The van der Waals surface area contributed by atoms with Gasteiger partial charge in [0.2, 0.25) is 0 Å². The SMILES string of the molecule is CC1=Cc2c(Cl)cc(Cl)cc2[CH]1[Zr]([CH3])([CH3])(=[SiH2])[C]1=CC=CC1.Cl.Cl. The van der Waals surface area contributed by atoms with E-state index in [2.05, 4.69) is 53.4 Å². The molecular weight excluding hydrogens is 465 g/mol. The van der Waals surface area contributed by atoms with Crippen LogP contribution >= 0.6 is 48.0 Å². The number of halogens is 4. The van der Waals surface area contributed by atoms with Crippen LogP contribution in [0.1, 0.15) is 28.1 Å². The molecule has 0 nitrogen and oxygen atoms in total. The normalized spacial score (nSPS) is 19.5. The van der Waals surface area contributed by atoms with Gasteiger partial charge in [-0.1, -0.05) is 0 Å². The Hall–Kier alpha value is 0.700. The fraction of sp³-hybridized carbons (Fsp3) is 0.294. The van der Waals surface area contributed by atoms with Gasteiger partial charge in [0.05, 0.1) is 0 Å². The zero-order chi connectivity index (χ0) is 15.4. The van der Waals surface area contributed by atoms with Gasteiger partial charge in [-0.15, -0.1) is 24.8 Å². The summed E-state index contributed by atoms with van der Waals surface area (Å²) in [4.78, 5) is 0. The molecule has 3 rings (SSSR count). The number of benzene rings is 1. The summed E-state index contributed by atoms with van der Waals surface area (Å²) in [5.41, 5.74) is 3.99. The van der Waals surface area contributed by atoms with E-state index in [4.69, 9.17) is 23.2 Å². The summed E-state index contributed by atoms with van der Waals surface area (Å²) in [6, 6.07) is 4.00. The zero-order valence-corrected chi connectivity index (χ0v) is 20.5. The van der Waals surface area contributed by atoms with Crippen LogP contribution in [0.25, 0.3) is 6.08 Å². The van der Waals surface area contributed by atoms with Gasteiger partial charge in [-0.3, -0.25) is 0 Å². The van der Waals surface area contributed by atoms with E-state index >= 15 is 0 Å². The van der Waals surface area contributed by atoms with E-state index in [9.17, 15) is 0 Å². The van der Waals surface area contributed by atoms with Gasteiger partial charge in [0.1, 0.15) is 0 Å². The third-order valence-corrected chi connectivity index (χ3v) is 23.2. The van der Waals surface area contributed by atoms with Crippen LogP contribution in [-0.2, 0) is 17.4 Å². The van der Waals surface area contributed by atoms with Gasteiger partial charge >= 0.3 is 140 Å².